The molecular weight excluding hydrogens is 399 g/mol. The summed E-state index contributed by atoms with van der Waals surface area (Å²) in [6.45, 7) is 2.23. The molecule has 30 heavy (non-hydrogen) atoms. The molecule has 0 aliphatic heterocycles. The quantitative estimate of drug-likeness (QED) is 0.297. The smallest absolute Gasteiger partial charge is 0.399 e. The van der Waals surface area contributed by atoms with E-state index >= 15 is 0 Å². The Morgan fingerprint density at radius 1 is 0.967 bits per heavy atom. The van der Waals surface area contributed by atoms with Crippen molar-refractivity contribution in [3.8, 4) is 5.75 Å². The molecule has 2 aliphatic carbocycles. The maximum absolute atomic E-state index is 14.4. The van der Waals surface area contributed by atoms with Crippen LogP contribution < -0.4 is 4.74 Å². The first kappa shape index (κ1) is 23.1. The van der Waals surface area contributed by atoms with Crippen molar-refractivity contribution in [3.63, 3.8) is 0 Å². The van der Waals surface area contributed by atoms with Crippen LogP contribution in [0.15, 0.2) is 11.6 Å². The Hall–Kier alpha value is -1.59. The molecule has 0 unspecified atom stereocenters. The van der Waals surface area contributed by atoms with E-state index < -0.39 is 23.7 Å². The molecule has 0 spiro atoms. The lowest BCUT2D eigenvalue weighted by atomic mass is 9.77. The second-order valence-corrected chi connectivity index (χ2v) is 8.84. The molecule has 1 aromatic rings. The van der Waals surface area contributed by atoms with Crippen LogP contribution in [0.1, 0.15) is 88.7 Å². The van der Waals surface area contributed by atoms with Gasteiger partial charge in [0.05, 0.1) is 0 Å². The number of fused-ring (bicyclic) bond motifs is 1. The number of alkyl halides is 3. The minimum Gasteiger partial charge on any atom is -0.399 e. The molecule has 3 rings (SSSR count). The number of hydrogen-bond acceptors (Lipinski definition) is 1. The van der Waals surface area contributed by atoms with Gasteiger partial charge in [-0.1, -0.05) is 69.9 Å². The molecule has 2 aliphatic rings. The van der Waals surface area contributed by atoms with Crippen LogP contribution in [0.4, 0.5) is 22.0 Å². The topological polar surface area (TPSA) is 9.23 Å². The van der Waals surface area contributed by atoms with Gasteiger partial charge in [0.1, 0.15) is 0 Å². The highest BCUT2D eigenvalue weighted by atomic mass is 19.4. The predicted octanol–water partition coefficient (Wildman–Crippen LogP) is 8.36. The van der Waals surface area contributed by atoms with E-state index in [1.54, 1.807) is 6.08 Å². The number of hydrogen-bond donors (Lipinski definition) is 0. The van der Waals surface area contributed by atoms with E-state index in [1.165, 1.54) is 51.4 Å². The minimum atomic E-state index is -5.12. The molecule has 0 bridgehead atoms. The first-order valence-corrected chi connectivity index (χ1v) is 11.2. The third kappa shape index (κ3) is 6.21. The summed E-state index contributed by atoms with van der Waals surface area (Å²) >= 11 is 0. The van der Waals surface area contributed by atoms with Crippen LogP contribution in [0.25, 0.3) is 6.08 Å². The van der Waals surface area contributed by atoms with Gasteiger partial charge in [-0.25, -0.2) is 8.78 Å². The summed E-state index contributed by atoms with van der Waals surface area (Å²) in [5.74, 6) is -2.34. The van der Waals surface area contributed by atoms with Gasteiger partial charge in [0.15, 0.2) is 11.6 Å². The number of halogens is 5. The van der Waals surface area contributed by atoms with E-state index in [4.69, 9.17) is 0 Å². The van der Waals surface area contributed by atoms with Crippen molar-refractivity contribution in [3.05, 3.63) is 34.4 Å². The summed E-state index contributed by atoms with van der Waals surface area (Å²) in [6.07, 6.45) is 9.81. The maximum atomic E-state index is 14.4. The molecule has 1 aromatic carbocycles. The molecule has 0 aromatic heterocycles. The van der Waals surface area contributed by atoms with Gasteiger partial charge >= 0.3 is 6.36 Å². The van der Waals surface area contributed by atoms with Gasteiger partial charge in [0.25, 0.3) is 0 Å². The Bertz CT molecular complexity index is 745. The summed E-state index contributed by atoms with van der Waals surface area (Å²) in [7, 11) is 0. The number of allylic oxidation sites excluding steroid dienone is 1. The van der Waals surface area contributed by atoms with Crippen LogP contribution in [-0.2, 0) is 6.42 Å². The molecule has 1 saturated carbocycles. The Morgan fingerprint density at radius 3 is 2.27 bits per heavy atom. The fourth-order valence-corrected chi connectivity index (χ4v) is 4.91. The van der Waals surface area contributed by atoms with E-state index in [2.05, 4.69) is 11.7 Å². The lowest BCUT2D eigenvalue weighted by Crippen LogP contribution is -2.20. The first-order chi connectivity index (χ1) is 14.3. The van der Waals surface area contributed by atoms with Crippen molar-refractivity contribution >= 4 is 6.08 Å². The summed E-state index contributed by atoms with van der Waals surface area (Å²) in [6, 6.07) is 0.958. The Labute approximate surface area is 175 Å². The second kappa shape index (κ2) is 10.1. The Morgan fingerprint density at radius 2 is 1.63 bits per heavy atom. The fourth-order valence-electron chi connectivity index (χ4n) is 4.91. The maximum Gasteiger partial charge on any atom is 0.573 e. The van der Waals surface area contributed by atoms with Gasteiger partial charge in [-0.3, -0.25) is 0 Å². The first-order valence-electron chi connectivity index (χ1n) is 11.2. The molecule has 1 fully saturated rings. The molecule has 0 radical (unpaired) electrons. The molecule has 0 N–H and O–H groups in total. The Balaban J connectivity index is 1.55. The minimum absolute atomic E-state index is 0.104. The van der Waals surface area contributed by atoms with Crippen molar-refractivity contribution in [1.29, 1.82) is 0 Å². The van der Waals surface area contributed by atoms with E-state index in [-0.39, 0.29) is 12.0 Å². The van der Waals surface area contributed by atoms with Crippen LogP contribution in [0.3, 0.4) is 0 Å². The van der Waals surface area contributed by atoms with Crippen molar-refractivity contribution < 1.29 is 26.7 Å². The fraction of sp³-hybridized carbons (Fsp3) is 0.667. The molecule has 0 atom stereocenters. The molecule has 6 heteroatoms. The lowest BCUT2D eigenvalue weighted by Gasteiger charge is -2.29. The zero-order valence-electron chi connectivity index (χ0n) is 17.6. The standard InChI is InChI=1S/C24H31F5O/c1-2-3-4-5-16-6-8-17(9-7-16)10-11-18-12-13-20-19(14-18)15-21(25)23(22(20)26)30-24(27,28)29/h14-17H,2-13H2,1H3. The highest BCUT2D eigenvalue weighted by Gasteiger charge is 2.35. The Kier molecular flexibility index (Phi) is 7.81. The molecule has 0 saturated heterocycles. The summed E-state index contributed by atoms with van der Waals surface area (Å²) in [4.78, 5) is 0. The normalized spacial score (nSPS) is 21.9. The summed E-state index contributed by atoms with van der Waals surface area (Å²) < 4.78 is 69.2. The largest absolute Gasteiger partial charge is 0.573 e. The van der Waals surface area contributed by atoms with Gasteiger partial charge in [-0.05, 0) is 54.7 Å². The van der Waals surface area contributed by atoms with Crippen LogP contribution in [-0.4, -0.2) is 6.36 Å². The van der Waals surface area contributed by atoms with Gasteiger partial charge < -0.3 is 4.74 Å². The molecule has 168 valence electrons. The summed E-state index contributed by atoms with van der Waals surface area (Å²) in [5, 5.41) is 0. The van der Waals surface area contributed by atoms with Gasteiger partial charge in [-0.15, -0.1) is 13.2 Å². The van der Waals surface area contributed by atoms with Crippen molar-refractivity contribution in [2.75, 3.05) is 0 Å². The van der Waals surface area contributed by atoms with Gasteiger partial charge in [-0.2, -0.15) is 0 Å². The van der Waals surface area contributed by atoms with Gasteiger partial charge in [0.2, 0.25) is 5.75 Å². The molecular formula is C24H31F5O. The zero-order chi connectivity index (χ0) is 21.7. The van der Waals surface area contributed by atoms with Crippen molar-refractivity contribution in [2.24, 2.45) is 11.8 Å². The average molecular weight is 431 g/mol. The predicted molar refractivity (Wildman–Crippen MR) is 108 cm³/mol. The van der Waals surface area contributed by atoms with Crippen molar-refractivity contribution in [1.82, 2.24) is 0 Å². The third-order valence-electron chi connectivity index (χ3n) is 6.64. The number of ether oxygens (including phenoxy) is 1. The van der Waals surface area contributed by atoms with Crippen LogP contribution in [0, 0.1) is 23.5 Å². The highest BCUT2D eigenvalue weighted by Crippen LogP contribution is 2.39. The average Bonchev–Trinajstić information content (AvgIpc) is 2.70. The van der Waals surface area contributed by atoms with E-state index in [0.717, 1.165) is 30.4 Å². The molecule has 0 amide bonds. The van der Waals surface area contributed by atoms with Crippen molar-refractivity contribution in [2.45, 2.75) is 90.3 Å². The molecule has 1 nitrogen and oxygen atoms in total. The second-order valence-electron chi connectivity index (χ2n) is 8.84. The number of rotatable bonds is 8. The number of unbranched alkanes of at least 4 members (excludes halogenated alkanes) is 2. The van der Waals surface area contributed by atoms with Crippen LogP contribution >= 0.6 is 0 Å². The van der Waals surface area contributed by atoms with E-state index in [9.17, 15) is 22.0 Å². The van der Waals surface area contributed by atoms with E-state index in [1.807, 2.05) is 0 Å². The lowest BCUT2D eigenvalue weighted by molar-refractivity contribution is -0.276. The molecule has 0 heterocycles. The highest BCUT2D eigenvalue weighted by molar-refractivity contribution is 5.61. The summed E-state index contributed by atoms with van der Waals surface area (Å²) in [5.41, 5.74) is 1.56. The van der Waals surface area contributed by atoms with E-state index in [0.29, 0.717) is 17.9 Å². The SMILES string of the molecule is CCCCCC1CCC(CCC2=Cc3cc(F)c(OC(F)(F)F)c(F)c3CC2)CC1. The monoisotopic (exact) mass is 430 g/mol. The third-order valence-corrected chi connectivity index (χ3v) is 6.64. The van der Waals surface area contributed by atoms with Crippen LogP contribution in [0.5, 0.6) is 5.75 Å². The number of benzene rings is 1. The van der Waals surface area contributed by atoms with Crippen LogP contribution in [0.2, 0.25) is 0 Å². The van der Waals surface area contributed by atoms with Gasteiger partial charge in [0, 0.05) is 0 Å². The zero-order valence-corrected chi connectivity index (χ0v) is 17.6.